The van der Waals surface area contributed by atoms with E-state index < -0.39 is 0 Å². The van der Waals surface area contributed by atoms with Crippen LogP contribution >= 0.6 is 0 Å². The van der Waals surface area contributed by atoms with Gasteiger partial charge in [-0.05, 0) is 11.6 Å². The summed E-state index contributed by atoms with van der Waals surface area (Å²) in [7, 11) is 1.77. The van der Waals surface area contributed by atoms with Crippen LogP contribution in [0.1, 0.15) is 22.3 Å². The van der Waals surface area contributed by atoms with Crippen molar-refractivity contribution >= 4 is 24.1 Å². The topological polar surface area (TPSA) is 49.7 Å². The summed E-state index contributed by atoms with van der Waals surface area (Å²) >= 11 is 0. The molecule has 4 nitrogen and oxygen atoms in total. The number of amides is 1. The van der Waals surface area contributed by atoms with E-state index in [1.165, 1.54) is 6.21 Å². The lowest BCUT2D eigenvalue weighted by Crippen LogP contribution is -2.17. The van der Waals surface area contributed by atoms with Crippen molar-refractivity contribution in [2.24, 2.45) is 4.99 Å². The van der Waals surface area contributed by atoms with E-state index in [-0.39, 0.29) is 12.3 Å². The van der Waals surface area contributed by atoms with Crippen LogP contribution in [0, 0.1) is 0 Å². The molecule has 1 amide bonds. The van der Waals surface area contributed by atoms with Gasteiger partial charge in [0.2, 0.25) is 0 Å². The molecule has 1 aromatic carbocycles. The molecule has 0 aliphatic carbocycles. The molecule has 0 unspecified atom stereocenters. The van der Waals surface area contributed by atoms with Crippen LogP contribution in [0.5, 0.6) is 0 Å². The number of carbonyl (C=O) groups is 2. The van der Waals surface area contributed by atoms with Crippen molar-refractivity contribution in [2.75, 3.05) is 7.05 Å². The van der Waals surface area contributed by atoms with E-state index in [1.807, 2.05) is 12.1 Å². The van der Waals surface area contributed by atoms with Gasteiger partial charge in [0.25, 0.3) is 5.91 Å². The predicted molar refractivity (Wildman–Crippen MR) is 61.1 cm³/mol. The molecule has 0 aromatic heterocycles. The molecular formula is C12H12N2O2. The molecule has 0 saturated heterocycles. The van der Waals surface area contributed by atoms with Crippen molar-refractivity contribution in [3.63, 3.8) is 0 Å². The molecule has 0 bridgehead atoms. The average Bonchev–Trinajstić information content (AvgIpc) is 2.56. The monoisotopic (exact) mass is 216 g/mol. The van der Waals surface area contributed by atoms with Crippen molar-refractivity contribution < 1.29 is 9.59 Å². The minimum Gasteiger partial charge on any atom is -0.337 e. The molecule has 1 aliphatic heterocycles. The Morgan fingerprint density at radius 1 is 1.50 bits per heavy atom. The van der Waals surface area contributed by atoms with E-state index in [4.69, 9.17) is 0 Å². The number of aldehydes is 1. The Kier molecular flexibility index (Phi) is 2.81. The lowest BCUT2D eigenvalue weighted by molar-refractivity contribution is -0.106. The molecular weight excluding hydrogens is 204 g/mol. The van der Waals surface area contributed by atoms with Crippen LogP contribution in [0.25, 0.3) is 0 Å². The maximum absolute atomic E-state index is 11.8. The fraction of sp³-hybridized carbons (Fsp3) is 0.250. The van der Waals surface area contributed by atoms with Crippen molar-refractivity contribution in [1.29, 1.82) is 0 Å². The summed E-state index contributed by atoms with van der Waals surface area (Å²) in [4.78, 5) is 27.8. The number of nitrogens with zero attached hydrogens (tertiary/aromatic N) is 2. The van der Waals surface area contributed by atoms with E-state index >= 15 is 0 Å². The maximum atomic E-state index is 11.8. The number of hydrogen-bond acceptors (Lipinski definition) is 3. The molecule has 4 heteroatoms. The lowest BCUT2D eigenvalue weighted by atomic mass is 10.1. The zero-order chi connectivity index (χ0) is 11.5. The molecule has 1 heterocycles. The smallest absolute Gasteiger partial charge is 0.256 e. The Hall–Kier alpha value is -1.97. The van der Waals surface area contributed by atoms with Gasteiger partial charge in [0, 0.05) is 26.2 Å². The highest BCUT2D eigenvalue weighted by atomic mass is 16.2. The number of rotatable bonds is 3. The fourth-order valence-electron chi connectivity index (χ4n) is 1.79. The van der Waals surface area contributed by atoms with Crippen LogP contribution in [0.15, 0.2) is 23.2 Å². The summed E-state index contributed by atoms with van der Waals surface area (Å²) in [5.41, 5.74) is 2.30. The minimum absolute atomic E-state index is 0.00569. The Morgan fingerprint density at radius 2 is 2.31 bits per heavy atom. The third-order valence-electron chi connectivity index (χ3n) is 2.53. The normalized spacial score (nSPS) is 14.6. The molecule has 0 atom stereocenters. The first kappa shape index (κ1) is 10.5. The van der Waals surface area contributed by atoms with Gasteiger partial charge in [0.05, 0.1) is 11.3 Å². The second kappa shape index (κ2) is 4.26. The van der Waals surface area contributed by atoms with Gasteiger partial charge in [-0.25, -0.2) is 0 Å². The van der Waals surface area contributed by atoms with Gasteiger partial charge < -0.3 is 9.69 Å². The molecule has 0 fully saturated rings. The van der Waals surface area contributed by atoms with E-state index in [1.54, 1.807) is 18.0 Å². The molecule has 1 aliphatic rings. The van der Waals surface area contributed by atoms with Crippen LogP contribution in [0.2, 0.25) is 0 Å². The summed E-state index contributed by atoms with van der Waals surface area (Å²) in [6, 6.07) is 5.59. The summed E-state index contributed by atoms with van der Waals surface area (Å²) in [6.45, 7) is 0.630. The van der Waals surface area contributed by atoms with Crippen molar-refractivity contribution in [3.8, 4) is 0 Å². The van der Waals surface area contributed by atoms with Crippen LogP contribution in [0.4, 0.5) is 5.69 Å². The van der Waals surface area contributed by atoms with Gasteiger partial charge in [-0.1, -0.05) is 12.1 Å². The number of hydrogen-bond donors (Lipinski definition) is 0. The van der Waals surface area contributed by atoms with E-state index in [9.17, 15) is 9.59 Å². The number of aliphatic imine (C=N–C) groups is 1. The number of carbonyl (C=O) groups excluding carboxylic acids is 2. The SMILES string of the molecule is CN1Cc2cccc(N=CCC=O)c2C1=O. The average molecular weight is 216 g/mol. The summed E-state index contributed by atoms with van der Waals surface area (Å²) in [5.74, 6) is -0.00569. The molecule has 16 heavy (non-hydrogen) atoms. The first-order valence-corrected chi connectivity index (χ1v) is 5.07. The van der Waals surface area contributed by atoms with Crippen molar-refractivity contribution in [1.82, 2.24) is 4.90 Å². The molecule has 0 spiro atoms. The van der Waals surface area contributed by atoms with Gasteiger partial charge in [0.1, 0.15) is 6.29 Å². The highest BCUT2D eigenvalue weighted by molar-refractivity contribution is 6.03. The van der Waals surface area contributed by atoms with E-state index in [0.29, 0.717) is 17.8 Å². The molecule has 1 aromatic rings. The molecule has 0 N–H and O–H groups in total. The Labute approximate surface area is 93.6 Å². The highest BCUT2D eigenvalue weighted by Gasteiger charge is 2.26. The van der Waals surface area contributed by atoms with E-state index in [0.717, 1.165) is 11.8 Å². The lowest BCUT2D eigenvalue weighted by Gasteiger charge is -2.05. The van der Waals surface area contributed by atoms with Crippen LogP contribution < -0.4 is 0 Å². The molecule has 82 valence electrons. The van der Waals surface area contributed by atoms with Crippen LogP contribution in [-0.2, 0) is 11.3 Å². The standard InChI is InChI=1S/C12H12N2O2/c1-14-8-9-4-2-5-10(11(9)12(14)16)13-6-3-7-15/h2,4-7H,3,8H2,1H3. The van der Waals surface area contributed by atoms with Gasteiger partial charge >= 0.3 is 0 Å². The minimum atomic E-state index is -0.00569. The summed E-state index contributed by atoms with van der Waals surface area (Å²) in [5, 5.41) is 0. The van der Waals surface area contributed by atoms with Crippen molar-refractivity contribution in [3.05, 3.63) is 29.3 Å². The zero-order valence-electron chi connectivity index (χ0n) is 9.01. The fourth-order valence-corrected chi connectivity index (χ4v) is 1.79. The number of benzene rings is 1. The third-order valence-corrected chi connectivity index (χ3v) is 2.53. The predicted octanol–water partition coefficient (Wildman–Crippen LogP) is 1.56. The molecule has 0 saturated carbocycles. The third kappa shape index (κ3) is 1.74. The summed E-state index contributed by atoms with van der Waals surface area (Å²) in [6.07, 6.45) is 2.57. The second-order valence-electron chi connectivity index (χ2n) is 3.69. The quantitative estimate of drug-likeness (QED) is 0.568. The first-order valence-electron chi connectivity index (χ1n) is 5.07. The summed E-state index contributed by atoms with van der Waals surface area (Å²) < 4.78 is 0. The Morgan fingerprint density at radius 3 is 3.06 bits per heavy atom. The van der Waals surface area contributed by atoms with Gasteiger partial charge in [0.15, 0.2) is 0 Å². The van der Waals surface area contributed by atoms with Gasteiger partial charge in [-0.15, -0.1) is 0 Å². The van der Waals surface area contributed by atoms with Gasteiger partial charge in [-0.2, -0.15) is 0 Å². The zero-order valence-corrected chi connectivity index (χ0v) is 9.01. The van der Waals surface area contributed by atoms with Crippen molar-refractivity contribution in [2.45, 2.75) is 13.0 Å². The maximum Gasteiger partial charge on any atom is 0.256 e. The Balaban J connectivity index is 2.38. The highest BCUT2D eigenvalue weighted by Crippen LogP contribution is 2.29. The first-order chi connectivity index (χ1) is 7.74. The van der Waals surface area contributed by atoms with Gasteiger partial charge in [-0.3, -0.25) is 9.79 Å². The largest absolute Gasteiger partial charge is 0.337 e. The van der Waals surface area contributed by atoms with Crippen LogP contribution in [0.3, 0.4) is 0 Å². The Bertz CT molecular complexity index is 466. The second-order valence-corrected chi connectivity index (χ2v) is 3.69. The van der Waals surface area contributed by atoms with Crippen LogP contribution in [-0.4, -0.2) is 30.4 Å². The number of fused-ring (bicyclic) bond motifs is 1. The van der Waals surface area contributed by atoms with E-state index in [2.05, 4.69) is 4.99 Å². The molecule has 0 radical (unpaired) electrons. The molecule has 2 rings (SSSR count).